The van der Waals surface area contributed by atoms with Gasteiger partial charge in [-0.2, -0.15) is 0 Å². The number of nitrogens with zero attached hydrogens (tertiary/aromatic N) is 1. The molecule has 0 fully saturated rings. The van der Waals surface area contributed by atoms with Gasteiger partial charge in [0.2, 0.25) is 0 Å². The highest BCUT2D eigenvalue weighted by atomic mass is 79.9. The van der Waals surface area contributed by atoms with E-state index in [1.165, 1.54) is 0 Å². The van der Waals surface area contributed by atoms with Crippen LogP contribution >= 0.6 is 27.5 Å². The molecular formula is C16H11BrClNO. The van der Waals surface area contributed by atoms with Crippen LogP contribution in [0.2, 0.25) is 5.02 Å². The number of halogens is 2. The maximum absolute atomic E-state index is 12.7. The zero-order valence-electron chi connectivity index (χ0n) is 10.7. The molecule has 0 atom stereocenters. The van der Waals surface area contributed by atoms with Crippen molar-refractivity contribution in [3.05, 3.63) is 69.3 Å². The van der Waals surface area contributed by atoms with Crippen LogP contribution in [0.3, 0.4) is 0 Å². The molecule has 3 rings (SSSR count). The highest BCUT2D eigenvalue weighted by Gasteiger charge is 2.16. The van der Waals surface area contributed by atoms with Gasteiger partial charge < -0.3 is 4.57 Å². The summed E-state index contributed by atoms with van der Waals surface area (Å²) in [4.78, 5) is 12.7. The van der Waals surface area contributed by atoms with Gasteiger partial charge in [0.25, 0.3) is 0 Å². The molecule has 1 aromatic heterocycles. The van der Waals surface area contributed by atoms with Crippen LogP contribution in [-0.4, -0.2) is 10.4 Å². The van der Waals surface area contributed by atoms with Gasteiger partial charge in [-0.05, 0) is 24.3 Å². The normalized spacial score (nSPS) is 10.9. The van der Waals surface area contributed by atoms with E-state index in [9.17, 15) is 4.79 Å². The van der Waals surface area contributed by atoms with Crippen LogP contribution in [0.15, 0.2) is 53.1 Å². The van der Waals surface area contributed by atoms with Gasteiger partial charge in [0.05, 0.1) is 0 Å². The summed E-state index contributed by atoms with van der Waals surface area (Å²) >= 11 is 9.38. The molecule has 3 aromatic rings. The Kier molecular flexibility index (Phi) is 3.40. The van der Waals surface area contributed by atoms with Gasteiger partial charge in [-0.15, -0.1) is 0 Å². The van der Waals surface area contributed by atoms with E-state index >= 15 is 0 Å². The zero-order chi connectivity index (χ0) is 14.3. The van der Waals surface area contributed by atoms with Gasteiger partial charge in [-0.25, -0.2) is 0 Å². The molecule has 0 N–H and O–H groups in total. The predicted molar refractivity (Wildman–Crippen MR) is 85.5 cm³/mol. The van der Waals surface area contributed by atoms with Gasteiger partial charge in [0.1, 0.15) is 0 Å². The Morgan fingerprint density at radius 3 is 2.70 bits per heavy atom. The number of carbonyl (C=O) groups excluding carboxylic acids is 1. The lowest BCUT2D eigenvalue weighted by Gasteiger charge is -2.02. The number of aryl methyl sites for hydroxylation is 1. The van der Waals surface area contributed by atoms with Gasteiger partial charge in [-0.1, -0.05) is 45.7 Å². The molecule has 2 aromatic carbocycles. The molecule has 0 unspecified atom stereocenters. The largest absolute Gasteiger partial charge is 0.350 e. The molecule has 0 saturated carbocycles. The molecule has 0 aliphatic rings. The van der Waals surface area contributed by atoms with Crippen molar-refractivity contribution in [3.63, 3.8) is 0 Å². The van der Waals surface area contributed by atoms with Crippen molar-refractivity contribution >= 4 is 44.2 Å². The lowest BCUT2D eigenvalue weighted by molar-refractivity contribution is 0.104. The molecule has 0 radical (unpaired) electrons. The Labute approximate surface area is 130 Å². The van der Waals surface area contributed by atoms with E-state index in [0.717, 1.165) is 15.4 Å². The molecular weight excluding hydrogens is 338 g/mol. The van der Waals surface area contributed by atoms with Gasteiger partial charge >= 0.3 is 0 Å². The maximum atomic E-state index is 12.7. The first-order chi connectivity index (χ1) is 9.56. The van der Waals surface area contributed by atoms with Crippen LogP contribution in [0, 0.1) is 0 Å². The number of carbonyl (C=O) groups is 1. The second-order valence-corrected chi connectivity index (χ2v) is 6.01. The molecule has 100 valence electrons. The average Bonchev–Trinajstić information content (AvgIpc) is 2.75. The minimum absolute atomic E-state index is 0.0231. The first-order valence-corrected chi connectivity index (χ1v) is 7.28. The second kappa shape index (κ2) is 5.08. The quantitative estimate of drug-likeness (QED) is 0.608. The van der Waals surface area contributed by atoms with E-state index < -0.39 is 0 Å². The van der Waals surface area contributed by atoms with E-state index in [-0.39, 0.29) is 5.78 Å². The van der Waals surface area contributed by atoms with Crippen LogP contribution in [0.5, 0.6) is 0 Å². The summed E-state index contributed by atoms with van der Waals surface area (Å²) in [6.07, 6.45) is 1.86. The van der Waals surface area contributed by atoms with Crippen LogP contribution in [-0.2, 0) is 7.05 Å². The number of hydrogen-bond donors (Lipinski definition) is 0. The van der Waals surface area contributed by atoms with Crippen molar-refractivity contribution < 1.29 is 4.79 Å². The standard InChI is InChI=1S/C16H11BrClNO/c1-19-9-14(13-4-2-3-5-15(13)19)16(20)10-6-11(17)8-12(18)7-10/h2-9H,1H3. The fraction of sp³-hybridized carbons (Fsp3) is 0.0625. The van der Waals surface area contributed by atoms with E-state index in [1.807, 2.05) is 42.1 Å². The Morgan fingerprint density at radius 1 is 1.20 bits per heavy atom. The molecule has 0 bridgehead atoms. The Balaban J connectivity index is 2.18. The minimum Gasteiger partial charge on any atom is -0.350 e. The lowest BCUT2D eigenvalue weighted by Crippen LogP contribution is -2.00. The highest BCUT2D eigenvalue weighted by Crippen LogP contribution is 2.26. The SMILES string of the molecule is Cn1cc(C(=O)c2cc(Cl)cc(Br)c2)c2ccccc21. The van der Waals surface area contributed by atoms with E-state index in [2.05, 4.69) is 15.9 Å². The predicted octanol–water partition coefficient (Wildman–Crippen LogP) is 4.83. The fourth-order valence-electron chi connectivity index (χ4n) is 2.36. The molecule has 0 spiro atoms. The summed E-state index contributed by atoms with van der Waals surface area (Å²) < 4.78 is 2.76. The van der Waals surface area contributed by atoms with Gasteiger partial charge in [0.15, 0.2) is 5.78 Å². The minimum atomic E-state index is -0.0231. The molecule has 2 nitrogen and oxygen atoms in total. The van der Waals surface area contributed by atoms with Crippen molar-refractivity contribution in [2.24, 2.45) is 7.05 Å². The van der Waals surface area contributed by atoms with E-state index in [1.54, 1.807) is 18.2 Å². The third kappa shape index (κ3) is 2.28. The molecule has 4 heteroatoms. The Hall–Kier alpha value is -1.58. The van der Waals surface area contributed by atoms with Crippen molar-refractivity contribution in [1.29, 1.82) is 0 Å². The van der Waals surface area contributed by atoms with Gasteiger partial charge in [-0.3, -0.25) is 4.79 Å². The van der Waals surface area contributed by atoms with Crippen LogP contribution in [0.25, 0.3) is 10.9 Å². The summed E-state index contributed by atoms with van der Waals surface area (Å²) in [5, 5.41) is 1.50. The van der Waals surface area contributed by atoms with Gasteiger partial charge in [0, 0.05) is 44.8 Å². The van der Waals surface area contributed by atoms with Crippen molar-refractivity contribution in [1.82, 2.24) is 4.57 Å². The van der Waals surface area contributed by atoms with Crippen molar-refractivity contribution in [2.75, 3.05) is 0 Å². The summed E-state index contributed by atoms with van der Waals surface area (Å²) in [5.41, 5.74) is 2.31. The number of fused-ring (bicyclic) bond motifs is 1. The number of rotatable bonds is 2. The molecule has 0 saturated heterocycles. The number of para-hydroxylation sites is 1. The van der Waals surface area contributed by atoms with Crippen molar-refractivity contribution in [2.45, 2.75) is 0 Å². The molecule has 0 aliphatic carbocycles. The summed E-state index contributed by atoms with van der Waals surface area (Å²) in [5.74, 6) is -0.0231. The Bertz CT molecular complexity index is 802. The number of ketones is 1. The van der Waals surface area contributed by atoms with Crippen LogP contribution in [0.4, 0.5) is 0 Å². The monoisotopic (exact) mass is 347 g/mol. The number of benzene rings is 2. The van der Waals surface area contributed by atoms with Crippen molar-refractivity contribution in [3.8, 4) is 0 Å². The summed E-state index contributed by atoms with van der Waals surface area (Å²) in [7, 11) is 1.94. The highest BCUT2D eigenvalue weighted by molar-refractivity contribution is 9.10. The fourth-order valence-corrected chi connectivity index (χ4v) is 3.22. The molecule has 20 heavy (non-hydrogen) atoms. The molecule has 0 aliphatic heterocycles. The topological polar surface area (TPSA) is 22.0 Å². The zero-order valence-corrected chi connectivity index (χ0v) is 13.1. The third-order valence-electron chi connectivity index (χ3n) is 3.27. The first-order valence-electron chi connectivity index (χ1n) is 6.11. The van der Waals surface area contributed by atoms with E-state index in [0.29, 0.717) is 16.1 Å². The average molecular weight is 349 g/mol. The van der Waals surface area contributed by atoms with E-state index in [4.69, 9.17) is 11.6 Å². The van der Waals surface area contributed by atoms with Crippen LogP contribution < -0.4 is 0 Å². The summed E-state index contributed by atoms with van der Waals surface area (Å²) in [6, 6.07) is 13.1. The maximum Gasteiger partial charge on any atom is 0.195 e. The van der Waals surface area contributed by atoms with Crippen LogP contribution in [0.1, 0.15) is 15.9 Å². The number of hydrogen-bond acceptors (Lipinski definition) is 1. The molecule has 0 amide bonds. The first kappa shape index (κ1) is 13.4. The lowest BCUT2D eigenvalue weighted by atomic mass is 10.0. The summed E-state index contributed by atoms with van der Waals surface area (Å²) in [6.45, 7) is 0. The Morgan fingerprint density at radius 2 is 1.95 bits per heavy atom. The third-order valence-corrected chi connectivity index (χ3v) is 3.94. The smallest absolute Gasteiger partial charge is 0.195 e. The number of aromatic nitrogens is 1. The molecule has 1 heterocycles. The second-order valence-electron chi connectivity index (χ2n) is 4.66.